The van der Waals surface area contributed by atoms with E-state index in [2.05, 4.69) is 25.1 Å². The first-order valence-electron chi connectivity index (χ1n) is 6.33. The highest BCUT2D eigenvalue weighted by Crippen LogP contribution is 2.29. The number of amides is 2. The second-order valence-corrected chi connectivity index (χ2v) is 4.49. The summed E-state index contributed by atoms with van der Waals surface area (Å²) in [5, 5.41) is 0. The zero-order chi connectivity index (χ0) is 12.4. The molecule has 0 N–H and O–H groups in total. The summed E-state index contributed by atoms with van der Waals surface area (Å²) < 4.78 is 0. The molecule has 92 valence electrons. The van der Waals surface area contributed by atoms with Crippen LogP contribution in [-0.2, 0) is 6.42 Å². The first-order chi connectivity index (χ1) is 8.17. The van der Waals surface area contributed by atoms with Crippen molar-refractivity contribution in [2.75, 3.05) is 24.5 Å². The fraction of sp³-hybridized carbons (Fsp3) is 0.500. The molecule has 1 aromatic carbocycles. The predicted molar refractivity (Wildman–Crippen MR) is 70.5 cm³/mol. The van der Waals surface area contributed by atoms with Crippen molar-refractivity contribution in [3.63, 3.8) is 0 Å². The number of hydrogen-bond acceptors (Lipinski definition) is 1. The van der Waals surface area contributed by atoms with Crippen LogP contribution in [0.4, 0.5) is 10.5 Å². The van der Waals surface area contributed by atoms with Crippen molar-refractivity contribution < 1.29 is 4.79 Å². The Kier molecular flexibility index (Phi) is 3.36. The molecule has 0 spiro atoms. The number of aryl methyl sites for hydroxylation is 1. The monoisotopic (exact) mass is 232 g/mol. The Morgan fingerprint density at radius 2 is 2.06 bits per heavy atom. The van der Waals surface area contributed by atoms with Crippen molar-refractivity contribution in [2.24, 2.45) is 0 Å². The van der Waals surface area contributed by atoms with Crippen LogP contribution in [-0.4, -0.2) is 30.6 Å². The first kappa shape index (κ1) is 12.0. The Bertz CT molecular complexity index is 424. The first-order valence-corrected chi connectivity index (χ1v) is 6.33. The van der Waals surface area contributed by atoms with Crippen LogP contribution >= 0.6 is 0 Å². The van der Waals surface area contributed by atoms with E-state index < -0.39 is 0 Å². The average Bonchev–Trinajstić information content (AvgIpc) is 2.73. The van der Waals surface area contributed by atoms with Crippen LogP contribution in [0, 0.1) is 6.92 Å². The van der Waals surface area contributed by atoms with Gasteiger partial charge in [0, 0.05) is 25.3 Å². The molecule has 3 heteroatoms. The quantitative estimate of drug-likeness (QED) is 0.769. The lowest BCUT2D eigenvalue weighted by molar-refractivity contribution is 0.210. The lowest BCUT2D eigenvalue weighted by atomic mass is 10.1. The summed E-state index contributed by atoms with van der Waals surface area (Å²) in [7, 11) is 0. The number of urea groups is 1. The Morgan fingerprint density at radius 3 is 2.71 bits per heavy atom. The highest BCUT2D eigenvalue weighted by Gasteiger charge is 2.26. The van der Waals surface area contributed by atoms with E-state index in [1.807, 2.05) is 23.6 Å². The van der Waals surface area contributed by atoms with E-state index in [-0.39, 0.29) is 6.03 Å². The average molecular weight is 232 g/mol. The molecule has 0 radical (unpaired) electrons. The Labute approximate surface area is 103 Å². The normalized spacial score (nSPS) is 13.7. The van der Waals surface area contributed by atoms with E-state index in [0.29, 0.717) is 0 Å². The Balaban J connectivity index is 2.24. The minimum atomic E-state index is 0.137. The highest BCUT2D eigenvalue weighted by molar-refractivity contribution is 5.94. The van der Waals surface area contributed by atoms with Crippen LogP contribution in [0.3, 0.4) is 0 Å². The van der Waals surface area contributed by atoms with Gasteiger partial charge in [-0.2, -0.15) is 0 Å². The largest absolute Gasteiger partial charge is 0.325 e. The number of carbonyl (C=O) groups is 1. The van der Waals surface area contributed by atoms with Gasteiger partial charge >= 0.3 is 6.03 Å². The lowest BCUT2D eigenvalue weighted by Gasteiger charge is -2.26. The number of hydrogen-bond donors (Lipinski definition) is 0. The van der Waals surface area contributed by atoms with Crippen LogP contribution in [0.25, 0.3) is 0 Å². The van der Waals surface area contributed by atoms with Crippen molar-refractivity contribution in [1.29, 1.82) is 0 Å². The van der Waals surface area contributed by atoms with Gasteiger partial charge in [0.1, 0.15) is 0 Å². The Morgan fingerprint density at radius 1 is 1.35 bits per heavy atom. The SMILES string of the molecule is CCN(CC)C(=O)N1CCc2cc(C)ccc21. The number of rotatable bonds is 2. The molecule has 1 heterocycles. The summed E-state index contributed by atoms with van der Waals surface area (Å²) in [4.78, 5) is 16.1. The maximum atomic E-state index is 12.3. The van der Waals surface area contributed by atoms with Gasteiger partial charge in [-0.05, 0) is 38.8 Å². The number of carbonyl (C=O) groups excluding carboxylic acids is 1. The van der Waals surface area contributed by atoms with E-state index in [1.165, 1.54) is 11.1 Å². The van der Waals surface area contributed by atoms with Crippen molar-refractivity contribution in [3.05, 3.63) is 29.3 Å². The summed E-state index contributed by atoms with van der Waals surface area (Å²) in [6.07, 6.45) is 0.976. The molecule has 2 rings (SSSR count). The molecule has 0 unspecified atom stereocenters. The maximum Gasteiger partial charge on any atom is 0.324 e. The molecule has 2 amide bonds. The van der Waals surface area contributed by atoms with Gasteiger partial charge in [0.15, 0.2) is 0 Å². The van der Waals surface area contributed by atoms with Crippen molar-refractivity contribution in [1.82, 2.24) is 4.90 Å². The molecule has 0 aromatic heterocycles. The molecule has 0 bridgehead atoms. The third kappa shape index (κ3) is 2.14. The molecular weight excluding hydrogens is 212 g/mol. The third-order valence-electron chi connectivity index (χ3n) is 3.40. The van der Waals surface area contributed by atoms with E-state index in [1.54, 1.807) is 0 Å². The molecule has 1 aliphatic heterocycles. The Hall–Kier alpha value is -1.51. The van der Waals surface area contributed by atoms with Gasteiger partial charge in [0.25, 0.3) is 0 Å². The molecule has 0 saturated carbocycles. The summed E-state index contributed by atoms with van der Waals surface area (Å²) in [5.74, 6) is 0. The fourth-order valence-corrected chi connectivity index (χ4v) is 2.39. The van der Waals surface area contributed by atoms with E-state index in [9.17, 15) is 4.79 Å². The summed E-state index contributed by atoms with van der Waals surface area (Å²) in [5.41, 5.74) is 3.65. The number of fused-ring (bicyclic) bond motifs is 1. The van der Waals surface area contributed by atoms with E-state index >= 15 is 0 Å². The van der Waals surface area contributed by atoms with Gasteiger partial charge in [0.05, 0.1) is 0 Å². The van der Waals surface area contributed by atoms with Crippen LogP contribution in [0.2, 0.25) is 0 Å². The zero-order valence-electron chi connectivity index (χ0n) is 10.9. The second kappa shape index (κ2) is 4.78. The molecule has 3 nitrogen and oxygen atoms in total. The standard InChI is InChI=1S/C14H20N2O/c1-4-15(5-2)14(17)16-9-8-12-10-11(3)6-7-13(12)16/h6-7,10H,4-5,8-9H2,1-3H3. The molecular formula is C14H20N2O. The zero-order valence-corrected chi connectivity index (χ0v) is 10.9. The fourth-order valence-electron chi connectivity index (χ4n) is 2.39. The summed E-state index contributed by atoms with van der Waals surface area (Å²) >= 11 is 0. The third-order valence-corrected chi connectivity index (χ3v) is 3.40. The number of nitrogens with zero attached hydrogens (tertiary/aromatic N) is 2. The number of benzene rings is 1. The highest BCUT2D eigenvalue weighted by atomic mass is 16.2. The van der Waals surface area contributed by atoms with Crippen molar-refractivity contribution >= 4 is 11.7 Å². The molecule has 1 aliphatic rings. The van der Waals surface area contributed by atoms with E-state index in [0.717, 1.165) is 31.7 Å². The molecule has 1 aromatic rings. The predicted octanol–water partition coefficient (Wildman–Crippen LogP) is 2.82. The van der Waals surface area contributed by atoms with Crippen molar-refractivity contribution in [3.8, 4) is 0 Å². The number of anilines is 1. The molecule has 0 saturated heterocycles. The van der Waals surface area contributed by atoms with Gasteiger partial charge < -0.3 is 4.90 Å². The second-order valence-electron chi connectivity index (χ2n) is 4.49. The van der Waals surface area contributed by atoms with Crippen LogP contribution in [0.15, 0.2) is 18.2 Å². The lowest BCUT2D eigenvalue weighted by Crippen LogP contribution is -2.42. The smallest absolute Gasteiger partial charge is 0.324 e. The van der Waals surface area contributed by atoms with Crippen molar-refractivity contribution in [2.45, 2.75) is 27.2 Å². The molecule has 0 atom stereocenters. The minimum absolute atomic E-state index is 0.137. The van der Waals surface area contributed by atoms with Crippen LogP contribution in [0.1, 0.15) is 25.0 Å². The summed E-state index contributed by atoms with van der Waals surface area (Å²) in [6, 6.07) is 6.47. The summed E-state index contributed by atoms with van der Waals surface area (Å²) in [6.45, 7) is 8.49. The molecule has 0 aliphatic carbocycles. The van der Waals surface area contributed by atoms with Crippen LogP contribution < -0.4 is 4.90 Å². The topological polar surface area (TPSA) is 23.6 Å². The van der Waals surface area contributed by atoms with Crippen LogP contribution in [0.5, 0.6) is 0 Å². The minimum Gasteiger partial charge on any atom is -0.325 e. The van der Waals surface area contributed by atoms with E-state index in [4.69, 9.17) is 0 Å². The van der Waals surface area contributed by atoms with Gasteiger partial charge in [0.2, 0.25) is 0 Å². The van der Waals surface area contributed by atoms with Gasteiger partial charge in [-0.1, -0.05) is 17.7 Å². The van der Waals surface area contributed by atoms with Gasteiger partial charge in [-0.15, -0.1) is 0 Å². The van der Waals surface area contributed by atoms with Gasteiger partial charge in [-0.25, -0.2) is 4.79 Å². The molecule has 0 fully saturated rings. The maximum absolute atomic E-state index is 12.3. The molecule has 17 heavy (non-hydrogen) atoms. The van der Waals surface area contributed by atoms with Gasteiger partial charge in [-0.3, -0.25) is 4.90 Å².